The third kappa shape index (κ3) is 6.54. The van der Waals surface area contributed by atoms with Crippen molar-refractivity contribution < 1.29 is 24.0 Å². The smallest absolute Gasteiger partial charge is 0.353 e. The number of nitrogens with zero attached hydrogens (tertiary/aromatic N) is 5. The Labute approximate surface area is 221 Å². The van der Waals surface area contributed by atoms with Crippen LogP contribution < -0.4 is 10.6 Å². The van der Waals surface area contributed by atoms with Gasteiger partial charge in [0.1, 0.15) is 6.33 Å². The number of nitro groups is 1. The highest BCUT2D eigenvalue weighted by Gasteiger charge is 2.24. The second-order valence-electron chi connectivity index (χ2n) is 7.79. The quantitative estimate of drug-likeness (QED) is 0.116. The number of carbonyl (C=O) groups excluding carboxylic acids is 2. The van der Waals surface area contributed by atoms with E-state index in [1.807, 2.05) is 30.3 Å². The van der Waals surface area contributed by atoms with Crippen LogP contribution in [0.15, 0.2) is 89.4 Å². The van der Waals surface area contributed by atoms with E-state index in [0.29, 0.717) is 17.1 Å². The number of esters is 2. The first kappa shape index (κ1) is 26.3. The van der Waals surface area contributed by atoms with Crippen molar-refractivity contribution in [1.82, 2.24) is 9.97 Å². The molecule has 0 atom stereocenters. The van der Waals surface area contributed by atoms with Crippen LogP contribution in [0, 0.1) is 10.1 Å². The largest absolute Gasteiger partial charge is 0.465 e. The number of benzene rings is 3. The molecule has 3 aromatic carbocycles. The monoisotopic (exact) mass is 527 g/mol. The number of nitrogens with one attached hydrogen (secondary N) is 2. The van der Waals surface area contributed by atoms with E-state index in [1.165, 1.54) is 32.4 Å². The van der Waals surface area contributed by atoms with Crippen LogP contribution in [-0.2, 0) is 9.47 Å². The Hall–Kier alpha value is -5.72. The van der Waals surface area contributed by atoms with Gasteiger partial charge in [0.2, 0.25) is 11.6 Å². The highest BCUT2D eigenvalue weighted by Crippen LogP contribution is 2.34. The van der Waals surface area contributed by atoms with E-state index in [1.54, 1.807) is 24.3 Å². The first-order valence-corrected chi connectivity index (χ1v) is 11.3. The summed E-state index contributed by atoms with van der Waals surface area (Å²) in [5.74, 6) is -1.69. The third-order valence-corrected chi connectivity index (χ3v) is 5.21. The Morgan fingerprint density at radius 2 is 1.28 bits per heavy atom. The minimum atomic E-state index is -0.713. The fraction of sp³-hybridized carbons (Fsp3) is 0.0769. The lowest BCUT2D eigenvalue weighted by molar-refractivity contribution is -0.383. The molecule has 0 spiro atoms. The van der Waals surface area contributed by atoms with Crippen molar-refractivity contribution in [2.75, 3.05) is 24.9 Å². The van der Waals surface area contributed by atoms with Gasteiger partial charge in [0, 0.05) is 11.4 Å². The predicted octanol–water partition coefficient (Wildman–Crippen LogP) is 5.86. The summed E-state index contributed by atoms with van der Waals surface area (Å²) in [7, 11) is 2.37. The summed E-state index contributed by atoms with van der Waals surface area (Å²) in [5, 5.41) is 26.0. The SMILES string of the molecule is COC(=O)c1cc(Nc2ncnc(Nc3ccc(N=Nc4ccccc4)cc3)c2[N+](=O)[O-])cc(C(=O)OC)c1. The van der Waals surface area contributed by atoms with Gasteiger partial charge in [-0.2, -0.15) is 10.2 Å². The average Bonchev–Trinajstić information content (AvgIpc) is 2.96. The van der Waals surface area contributed by atoms with Gasteiger partial charge in [-0.1, -0.05) is 18.2 Å². The second kappa shape index (κ2) is 12.0. The van der Waals surface area contributed by atoms with Gasteiger partial charge in [-0.25, -0.2) is 19.6 Å². The van der Waals surface area contributed by atoms with Crippen LogP contribution in [0.5, 0.6) is 0 Å². The lowest BCUT2D eigenvalue weighted by Crippen LogP contribution is -2.09. The molecule has 0 saturated carbocycles. The van der Waals surface area contributed by atoms with Crippen molar-refractivity contribution in [3.8, 4) is 0 Å². The molecule has 4 rings (SSSR count). The van der Waals surface area contributed by atoms with Gasteiger partial charge in [-0.05, 0) is 54.6 Å². The third-order valence-electron chi connectivity index (χ3n) is 5.21. The Morgan fingerprint density at radius 1 is 0.769 bits per heavy atom. The van der Waals surface area contributed by atoms with E-state index in [0.717, 1.165) is 6.33 Å². The molecular formula is C26H21N7O6. The maximum Gasteiger partial charge on any atom is 0.353 e. The molecule has 0 aliphatic rings. The first-order valence-electron chi connectivity index (χ1n) is 11.3. The molecule has 13 nitrogen and oxygen atoms in total. The fourth-order valence-electron chi connectivity index (χ4n) is 3.40. The Morgan fingerprint density at radius 3 is 1.79 bits per heavy atom. The normalized spacial score (nSPS) is 10.6. The van der Waals surface area contributed by atoms with E-state index >= 15 is 0 Å². The number of rotatable bonds is 9. The zero-order valence-corrected chi connectivity index (χ0v) is 20.7. The van der Waals surface area contributed by atoms with Crippen LogP contribution in [0.2, 0.25) is 0 Å². The number of aromatic nitrogens is 2. The van der Waals surface area contributed by atoms with Crippen LogP contribution in [0.1, 0.15) is 20.7 Å². The minimum Gasteiger partial charge on any atom is -0.465 e. The van der Waals surface area contributed by atoms with Gasteiger partial charge in [-0.3, -0.25) is 10.1 Å². The molecule has 2 N–H and O–H groups in total. The van der Waals surface area contributed by atoms with Gasteiger partial charge in [0.05, 0.1) is 41.6 Å². The van der Waals surface area contributed by atoms with Crippen molar-refractivity contribution >= 4 is 52.0 Å². The molecule has 0 aliphatic carbocycles. The number of anilines is 4. The van der Waals surface area contributed by atoms with E-state index in [-0.39, 0.29) is 28.5 Å². The van der Waals surface area contributed by atoms with Crippen LogP contribution >= 0.6 is 0 Å². The zero-order valence-electron chi connectivity index (χ0n) is 20.7. The van der Waals surface area contributed by atoms with Crippen LogP contribution in [0.25, 0.3) is 0 Å². The molecule has 0 bridgehead atoms. The van der Waals surface area contributed by atoms with Gasteiger partial charge in [-0.15, -0.1) is 0 Å². The molecule has 4 aromatic rings. The van der Waals surface area contributed by atoms with Gasteiger partial charge in [0.15, 0.2) is 0 Å². The molecule has 0 aliphatic heterocycles. The topological polar surface area (TPSA) is 170 Å². The van der Waals surface area contributed by atoms with Gasteiger partial charge in [0.25, 0.3) is 0 Å². The summed E-state index contributed by atoms with van der Waals surface area (Å²) in [5.41, 5.74) is 1.54. The highest BCUT2D eigenvalue weighted by molar-refractivity contribution is 5.97. The Balaban J connectivity index is 1.60. The fourth-order valence-corrected chi connectivity index (χ4v) is 3.40. The van der Waals surface area contributed by atoms with Crippen molar-refractivity contribution in [3.05, 3.63) is 100 Å². The number of ether oxygens (including phenoxy) is 2. The summed E-state index contributed by atoms with van der Waals surface area (Å²) < 4.78 is 9.46. The van der Waals surface area contributed by atoms with Crippen LogP contribution in [0.4, 0.5) is 40.1 Å². The summed E-state index contributed by atoms with van der Waals surface area (Å²) >= 11 is 0. The molecule has 0 unspecified atom stereocenters. The number of hydrogen-bond donors (Lipinski definition) is 2. The molecular weight excluding hydrogens is 506 g/mol. The van der Waals surface area contributed by atoms with Crippen LogP contribution in [0.3, 0.4) is 0 Å². The molecule has 0 amide bonds. The Kier molecular flexibility index (Phi) is 8.11. The van der Waals surface area contributed by atoms with E-state index in [2.05, 4.69) is 30.8 Å². The number of methoxy groups -OCH3 is 2. The summed E-state index contributed by atoms with van der Waals surface area (Å²) in [4.78, 5) is 43.6. The first-order chi connectivity index (χ1) is 18.9. The molecule has 13 heteroatoms. The lowest BCUT2D eigenvalue weighted by atomic mass is 10.1. The van der Waals surface area contributed by atoms with Gasteiger partial charge < -0.3 is 20.1 Å². The van der Waals surface area contributed by atoms with Gasteiger partial charge >= 0.3 is 17.6 Å². The highest BCUT2D eigenvalue weighted by atomic mass is 16.6. The zero-order chi connectivity index (χ0) is 27.8. The van der Waals surface area contributed by atoms with Crippen molar-refractivity contribution in [3.63, 3.8) is 0 Å². The summed E-state index contributed by atoms with van der Waals surface area (Å²) in [6.07, 6.45) is 1.13. The van der Waals surface area contributed by atoms with E-state index < -0.39 is 22.5 Å². The van der Waals surface area contributed by atoms with Crippen molar-refractivity contribution in [2.24, 2.45) is 10.2 Å². The maximum absolute atomic E-state index is 12.1. The number of azo groups is 1. The maximum atomic E-state index is 12.1. The molecule has 0 fully saturated rings. The average molecular weight is 527 g/mol. The molecule has 39 heavy (non-hydrogen) atoms. The molecule has 0 radical (unpaired) electrons. The summed E-state index contributed by atoms with van der Waals surface area (Å²) in [6.45, 7) is 0. The number of carbonyl (C=O) groups is 2. The Bertz CT molecular complexity index is 1510. The van der Waals surface area contributed by atoms with E-state index in [4.69, 9.17) is 9.47 Å². The summed E-state index contributed by atoms with van der Waals surface area (Å²) in [6, 6.07) is 19.9. The number of hydrogen-bond acceptors (Lipinski definition) is 12. The molecule has 196 valence electrons. The minimum absolute atomic E-state index is 0.0301. The lowest BCUT2D eigenvalue weighted by Gasteiger charge is -2.12. The molecule has 0 saturated heterocycles. The second-order valence-corrected chi connectivity index (χ2v) is 7.79. The predicted molar refractivity (Wildman–Crippen MR) is 141 cm³/mol. The van der Waals surface area contributed by atoms with Crippen molar-refractivity contribution in [1.29, 1.82) is 0 Å². The standard InChI is InChI=1S/C26H21N7O6/c1-38-25(34)16-12-17(26(35)39-2)14-21(13-16)30-24-22(33(36)37)23(27-15-28-24)29-18-8-10-20(11-9-18)32-31-19-6-4-3-5-7-19/h3-15H,1-2H3,(H2,27,28,29,30). The van der Waals surface area contributed by atoms with E-state index in [9.17, 15) is 19.7 Å². The molecule has 1 aromatic heterocycles. The van der Waals surface area contributed by atoms with Crippen LogP contribution in [-0.4, -0.2) is 41.0 Å². The van der Waals surface area contributed by atoms with Crippen molar-refractivity contribution in [2.45, 2.75) is 0 Å². The molecule has 1 heterocycles.